The summed E-state index contributed by atoms with van der Waals surface area (Å²) in [5.41, 5.74) is 2.08. The first-order valence-corrected chi connectivity index (χ1v) is 16.4. The Hall–Kier alpha value is -5.76. The molecule has 0 spiro atoms. The van der Waals surface area contributed by atoms with Gasteiger partial charge in [-0.1, -0.05) is 24.3 Å². The second kappa shape index (κ2) is 15.0. The third-order valence-corrected chi connectivity index (χ3v) is 9.02. The van der Waals surface area contributed by atoms with Gasteiger partial charge in [-0.05, 0) is 93.5 Å². The van der Waals surface area contributed by atoms with Gasteiger partial charge in [0.05, 0.1) is 17.6 Å². The molecule has 51 heavy (non-hydrogen) atoms. The molecular formula is C37H37F3N8O3. The van der Waals surface area contributed by atoms with Crippen molar-refractivity contribution in [3.05, 3.63) is 123 Å². The molecule has 2 aromatic heterocycles. The Balaban J connectivity index is 1.04. The van der Waals surface area contributed by atoms with E-state index in [2.05, 4.69) is 30.8 Å². The van der Waals surface area contributed by atoms with Crippen LogP contribution in [-0.4, -0.2) is 68.8 Å². The van der Waals surface area contributed by atoms with Crippen molar-refractivity contribution in [3.8, 4) is 0 Å². The Morgan fingerprint density at radius 2 is 1.73 bits per heavy atom. The molecule has 0 saturated carbocycles. The molecule has 0 radical (unpaired) electrons. The maximum Gasteiger partial charge on any atom is 0.280 e. The molecule has 1 saturated heterocycles. The van der Waals surface area contributed by atoms with Crippen LogP contribution in [0.25, 0.3) is 17.0 Å². The maximum absolute atomic E-state index is 14.9. The van der Waals surface area contributed by atoms with E-state index in [9.17, 15) is 27.6 Å². The van der Waals surface area contributed by atoms with Gasteiger partial charge in [-0.2, -0.15) is 0 Å². The fourth-order valence-electron chi connectivity index (χ4n) is 5.99. The van der Waals surface area contributed by atoms with Gasteiger partial charge in [0, 0.05) is 42.6 Å². The van der Waals surface area contributed by atoms with Gasteiger partial charge in [0.2, 0.25) is 5.95 Å². The molecule has 0 aliphatic carbocycles. The molecule has 11 nitrogen and oxygen atoms in total. The molecule has 264 valence electrons. The number of carbonyl (C=O) groups is 2. The molecule has 1 aliphatic rings. The first kappa shape index (κ1) is 35.1. The fraction of sp³-hybridized carbons (Fsp3) is 0.270. The van der Waals surface area contributed by atoms with Crippen molar-refractivity contribution in [2.24, 2.45) is 7.05 Å². The molecule has 1 aliphatic heterocycles. The van der Waals surface area contributed by atoms with Crippen LogP contribution in [0.1, 0.15) is 50.4 Å². The van der Waals surface area contributed by atoms with Crippen LogP contribution in [0.3, 0.4) is 0 Å². The van der Waals surface area contributed by atoms with Crippen LogP contribution in [0, 0.1) is 24.4 Å². The summed E-state index contributed by atoms with van der Waals surface area (Å²) < 4.78 is 44.7. The zero-order valence-corrected chi connectivity index (χ0v) is 28.3. The van der Waals surface area contributed by atoms with Crippen molar-refractivity contribution >= 4 is 40.4 Å². The lowest BCUT2D eigenvalue weighted by atomic mass is 10.0. The Morgan fingerprint density at radius 1 is 0.941 bits per heavy atom. The molecule has 3 N–H and O–H groups in total. The normalized spacial score (nSPS) is 13.9. The van der Waals surface area contributed by atoms with Crippen LogP contribution in [0.2, 0.25) is 0 Å². The zero-order chi connectivity index (χ0) is 36.2. The van der Waals surface area contributed by atoms with E-state index < -0.39 is 34.8 Å². The highest BCUT2D eigenvalue weighted by Crippen LogP contribution is 2.21. The molecule has 5 aromatic rings. The first-order valence-electron chi connectivity index (χ1n) is 16.4. The molecule has 1 fully saturated rings. The summed E-state index contributed by atoms with van der Waals surface area (Å²) in [7, 11) is 3.65. The van der Waals surface area contributed by atoms with Gasteiger partial charge in [-0.3, -0.25) is 19.1 Å². The van der Waals surface area contributed by atoms with Gasteiger partial charge in [-0.15, -0.1) is 0 Å². The molecular weight excluding hydrogens is 661 g/mol. The van der Waals surface area contributed by atoms with Crippen LogP contribution in [0.4, 0.5) is 24.8 Å². The number of piperidine rings is 1. The molecule has 14 heteroatoms. The van der Waals surface area contributed by atoms with Gasteiger partial charge in [0.25, 0.3) is 17.4 Å². The van der Waals surface area contributed by atoms with Gasteiger partial charge in [0.15, 0.2) is 11.6 Å². The van der Waals surface area contributed by atoms with E-state index in [0.717, 1.165) is 49.0 Å². The third kappa shape index (κ3) is 8.01. The number of nitrogens with one attached hydrogen (secondary N) is 3. The number of hydrogen-bond acceptors (Lipinski definition) is 7. The number of aromatic nitrogens is 4. The number of nitrogens with zero attached hydrogens (tertiary/aromatic N) is 5. The number of amides is 2. The van der Waals surface area contributed by atoms with Crippen molar-refractivity contribution in [1.29, 1.82) is 0 Å². The van der Waals surface area contributed by atoms with Gasteiger partial charge < -0.3 is 20.9 Å². The molecule has 0 unspecified atom stereocenters. The van der Waals surface area contributed by atoms with Crippen molar-refractivity contribution < 1.29 is 22.8 Å². The molecule has 3 aromatic carbocycles. The van der Waals surface area contributed by atoms with Gasteiger partial charge in [0.1, 0.15) is 11.4 Å². The number of hydrogen-bond donors (Lipinski definition) is 3. The zero-order valence-electron chi connectivity index (χ0n) is 28.3. The lowest BCUT2D eigenvalue weighted by Gasteiger charge is -2.29. The van der Waals surface area contributed by atoms with E-state index in [0.29, 0.717) is 22.5 Å². The van der Waals surface area contributed by atoms with Crippen molar-refractivity contribution in [3.63, 3.8) is 0 Å². The highest BCUT2D eigenvalue weighted by molar-refractivity contribution is 5.95. The topological polar surface area (TPSA) is 126 Å². The summed E-state index contributed by atoms with van der Waals surface area (Å²) in [6, 6.07) is 13.2. The van der Waals surface area contributed by atoms with E-state index in [1.165, 1.54) is 27.6 Å². The van der Waals surface area contributed by atoms with Crippen LogP contribution in [-0.2, 0) is 13.6 Å². The Bertz CT molecular complexity index is 2210. The number of benzene rings is 3. The van der Waals surface area contributed by atoms with E-state index in [4.69, 9.17) is 0 Å². The average molecular weight is 699 g/mol. The smallest absolute Gasteiger partial charge is 0.280 e. The lowest BCUT2D eigenvalue weighted by molar-refractivity contribution is 0.0911. The summed E-state index contributed by atoms with van der Waals surface area (Å²) >= 11 is 0. The van der Waals surface area contributed by atoms with Crippen LogP contribution in [0.15, 0.2) is 71.7 Å². The number of fused-ring (bicyclic) bond motifs is 1. The van der Waals surface area contributed by atoms with Crippen LogP contribution >= 0.6 is 0 Å². The Labute approximate surface area is 291 Å². The summed E-state index contributed by atoms with van der Waals surface area (Å²) in [4.78, 5) is 49.8. The highest BCUT2D eigenvalue weighted by Gasteiger charge is 2.22. The van der Waals surface area contributed by atoms with Crippen molar-refractivity contribution in [2.75, 3.05) is 32.0 Å². The SMILES string of the molecule is Cc1c(C(=O)NCC=Cc2ccc3nc(Nc4ccc(C(=O)NC5CCN(C)CC5)c(F)c4)ncc3c2)c(=O)n(Cc2ccc(F)c(F)c2)n1C. The monoisotopic (exact) mass is 698 g/mol. The minimum atomic E-state index is -1.02. The summed E-state index contributed by atoms with van der Waals surface area (Å²) in [5.74, 6) is -3.37. The van der Waals surface area contributed by atoms with Gasteiger partial charge in [-0.25, -0.2) is 27.8 Å². The highest BCUT2D eigenvalue weighted by atomic mass is 19.2. The molecule has 0 bridgehead atoms. The lowest BCUT2D eigenvalue weighted by Crippen LogP contribution is -2.43. The summed E-state index contributed by atoms with van der Waals surface area (Å²) in [6.45, 7) is 3.51. The Morgan fingerprint density at radius 3 is 2.47 bits per heavy atom. The standard InChI is InChI=1S/C37H37F3N8O3/c1-22-33(36(51)48(47(22)3)21-24-6-10-29(38)31(40)18-24)35(50)41-14-4-5-23-7-11-32-25(17-23)20-42-37(45-32)44-27-8-9-28(30(39)19-27)34(49)43-26-12-15-46(2)16-13-26/h4-11,17-20,26H,12-16,21H2,1-3H3,(H,41,50)(H,43,49)(H,42,44,45). The average Bonchev–Trinajstić information content (AvgIpc) is 3.31. The van der Waals surface area contributed by atoms with Crippen molar-refractivity contribution in [2.45, 2.75) is 32.4 Å². The first-order chi connectivity index (χ1) is 24.5. The van der Waals surface area contributed by atoms with E-state index >= 15 is 0 Å². The van der Waals surface area contributed by atoms with Crippen LogP contribution in [0.5, 0.6) is 0 Å². The molecule has 3 heterocycles. The van der Waals surface area contributed by atoms with E-state index in [-0.39, 0.29) is 36.2 Å². The molecule has 0 atom stereocenters. The number of rotatable bonds is 10. The number of anilines is 2. The minimum Gasteiger partial charge on any atom is -0.349 e. The minimum absolute atomic E-state index is 0.0187. The van der Waals surface area contributed by atoms with Crippen LogP contribution < -0.4 is 21.5 Å². The van der Waals surface area contributed by atoms with E-state index in [1.807, 2.05) is 19.2 Å². The van der Waals surface area contributed by atoms with E-state index in [1.54, 1.807) is 44.5 Å². The summed E-state index contributed by atoms with van der Waals surface area (Å²) in [5, 5.41) is 9.40. The predicted octanol–water partition coefficient (Wildman–Crippen LogP) is 4.91. The second-order valence-corrected chi connectivity index (χ2v) is 12.6. The molecule has 2 amide bonds. The third-order valence-electron chi connectivity index (χ3n) is 9.02. The Kier molecular flexibility index (Phi) is 10.3. The second-order valence-electron chi connectivity index (χ2n) is 12.6. The van der Waals surface area contributed by atoms with Crippen molar-refractivity contribution in [1.82, 2.24) is 34.9 Å². The number of likely N-dealkylation sites (tertiary alicyclic amines) is 1. The molecule has 6 rings (SSSR count). The predicted molar refractivity (Wildman–Crippen MR) is 188 cm³/mol. The fourth-order valence-corrected chi connectivity index (χ4v) is 5.99. The number of halogens is 3. The largest absolute Gasteiger partial charge is 0.349 e. The summed E-state index contributed by atoms with van der Waals surface area (Å²) in [6.07, 6.45) is 6.82. The van der Waals surface area contributed by atoms with Gasteiger partial charge >= 0.3 is 0 Å². The number of carbonyl (C=O) groups excluding carboxylic acids is 2. The quantitative estimate of drug-likeness (QED) is 0.189. The maximum atomic E-state index is 14.9.